The average Bonchev–Trinajstić information content (AvgIpc) is 3.61. The van der Waals surface area contributed by atoms with Gasteiger partial charge in [-0.2, -0.15) is 5.26 Å². The van der Waals surface area contributed by atoms with Crippen LogP contribution in [0.5, 0.6) is 5.75 Å². The number of nitrogens with one attached hydrogen (secondary N) is 2. The number of aromatic nitrogens is 1. The van der Waals surface area contributed by atoms with Crippen LogP contribution in [0.15, 0.2) is 48.5 Å². The number of H-pyrrole nitrogens is 1. The predicted octanol–water partition coefficient (Wildman–Crippen LogP) is 3.82. The first-order chi connectivity index (χ1) is 18.9. The number of nitriles is 1. The van der Waals surface area contributed by atoms with E-state index in [9.17, 15) is 19.6 Å². The van der Waals surface area contributed by atoms with Crippen LogP contribution >= 0.6 is 0 Å². The number of methoxy groups -OCH3 is 1. The fourth-order valence-electron chi connectivity index (χ4n) is 6.40. The molecule has 6 rings (SSSR count). The SMILES string of the molecule is COc1cccc2[nH]c(C(=O)N(C)[C@@H](CC3CCC3)C(=O)N3C[C@]4(CC3C#N)C(=O)Nc3ccccc34)cc12. The number of benzene rings is 2. The lowest BCUT2D eigenvalue weighted by molar-refractivity contribution is -0.137. The molecule has 3 amide bonds. The molecule has 1 spiro atoms. The summed E-state index contributed by atoms with van der Waals surface area (Å²) in [5.74, 6) is 0.210. The number of carbonyl (C=O) groups is 3. The zero-order valence-electron chi connectivity index (χ0n) is 22.1. The molecule has 1 saturated heterocycles. The molecule has 3 aliphatic rings. The number of aromatic amines is 1. The molecule has 1 aromatic heterocycles. The Morgan fingerprint density at radius 3 is 2.74 bits per heavy atom. The van der Waals surface area contributed by atoms with Crippen LogP contribution in [0.2, 0.25) is 0 Å². The number of likely N-dealkylation sites (N-methyl/N-ethyl adjacent to an activating group) is 1. The quantitative estimate of drug-likeness (QED) is 0.507. The van der Waals surface area contributed by atoms with Crippen molar-refractivity contribution in [2.45, 2.75) is 49.6 Å². The van der Waals surface area contributed by atoms with E-state index in [0.717, 1.165) is 41.4 Å². The molecule has 1 unspecified atom stereocenters. The summed E-state index contributed by atoms with van der Waals surface area (Å²) >= 11 is 0. The number of carbonyl (C=O) groups excluding carboxylic acids is 3. The smallest absolute Gasteiger partial charge is 0.270 e. The van der Waals surface area contributed by atoms with Crippen molar-refractivity contribution < 1.29 is 19.1 Å². The molecule has 1 saturated carbocycles. The Labute approximate surface area is 226 Å². The van der Waals surface area contributed by atoms with Gasteiger partial charge in [-0.05, 0) is 42.2 Å². The minimum Gasteiger partial charge on any atom is -0.496 e. The van der Waals surface area contributed by atoms with Gasteiger partial charge in [0.2, 0.25) is 11.8 Å². The number of para-hydroxylation sites is 1. The number of fused-ring (bicyclic) bond motifs is 3. The summed E-state index contributed by atoms with van der Waals surface area (Å²) in [6.45, 7) is 0.111. The van der Waals surface area contributed by atoms with Crippen LogP contribution in [0.4, 0.5) is 5.69 Å². The zero-order chi connectivity index (χ0) is 27.3. The maximum Gasteiger partial charge on any atom is 0.270 e. The molecular formula is C30H31N5O4. The molecule has 2 fully saturated rings. The standard InChI is InChI=1S/C30H31N5O4/c1-34(27(36)24-14-20-22(32-24)11-6-12-26(20)39-2)25(13-18-7-5-8-18)28(37)35-17-30(15-19(35)16-31)21-9-3-4-10-23(21)33-29(30)38/h3-4,6,9-12,14,18-19,25,32H,5,7-8,13,15,17H2,1-2H3,(H,33,38)/t19?,25-,30-/m0/s1. The van der Waals surface area contributed by atoms with Gasteiger partial charge in [0.1, 0.15) is 23.5 Å². The van der Waals surface area contributed by atoms with Gasteiger partial charge in [-0.25, -0.2) is 0 Å². The third kappa shape index (κ3) is 3.94. The summed E-state index contributed by atoms with van der Waals surface area (Å²) in [5.41, 5.74) is 1.70. The van der Waals surface area contributed by atoms with Gasteiger partial charge < -0.3 is 24.8 Å². The largest absolute Gasteiger partial charge is 0.496 e. The van der Waals surface area contributed by atoms with Gasteiger partial charge >= 0.3 is 0 Å². The summed E-state index contributed by atoms with van der Waals surface area (Å²) in [4.78, 5) is 47.4. The molecule has 1 aliphatic carbocycles. The van der Waals surface area contributed by atoms with Crippen molar-refractivity contribution in [1.29, 1.82) is 5.26 Å². The first kappa shape index (κ1) is 25.0. The van der Waals surface area contributed by atoms with Crippen LogP contribution in [0.3, 0.4) is 0 Å². The highest BCUT2D eigenvalue weighted by Crippen LogP contribution is 2.46. The van der Waals surface area contributed by atoms with Gasteiger partial charge in [0, 0.05) is 36.6 Å². The molecule has 2 N–H and O–H groups in total. The Morgan fingerprint density at radius 2 is 2.03 bits per heavy atom. The highest BCUT2D eigenvalue weighted by Gasteiger charge is 2.56. The van der Waals surface area contributed by atoms with Crippen LogP contribution < -0.4 is 10.1 Å². The summed E-state index contributed by atoms with van der Waals surface area (Å²) in [6.07, 6.45) is 3.88. The summed E-state index contributed by atoms with van der Waals surface area (Å²) in [7, 11) is 3.23. The Hall–Kier alpha value is -4.32. The average molecular weight is 526 g/mol. The van der Waals surface area contributed by atoms with Gasteiger partial charge in [-0.1, -0.05) is 43.5 Å². The molecule has 39 heavy (non-hydrogen) atoms. The number of hydrogen-bond acceptors (Lipinski definition) is 5. The predicted molar refractivity (Wildman–Crippen MR) is 145 cm³/mol. The number of likely N-dealkylation sites (tertiary alicyclic amines) is 1. The normalized spacial score (nSPS) is 22.7. The molecular weight excluding hydrogens is 494 g/mol. The number of nitrogens with zero attached hydrogens (tertiary/aromatic N) is 3. The molecule has 2 aliphatic heterocycles. The molecule has 3 aromatic rings. The van der Waals surface area contributed by atoms with E-state index in [1.54, 1.807) is 20.2 Å². The van der Waals surface area contributed by atoms with E-state index >= 15 is 0 Å². The van der Waals surface area contributed by atoms with E-state index < -0.39 is 17.5 Å². The zero-order valence-corrected chi connectivity index (χ0v) is 22.1. The van der Waals surface area contributed by atoms with E-state index in [0.29, 0.717) is 23.8 Å². The first-order valence-electron chi connectivity index (χ1n) is 13.4. The molecule has 0 radical (unpaired) electrons. The van der Waals surface area contributed by atoms with Crippen LogP contribution in [0.1, 0.15) is 48.2 Å². The van der Waals surface area contributed by atoms with E-state index in [2.05, 4.69) is 16.4 Å². The van der Waals surface area contributed by atoms with Gasteiger partial charge in [0.25, 0.3) is 5.91 Å². The Morgan fingerprint density at radius 1 is 1.23 bits per heavy atom. The van der Waals surface area contributed by atoms with Crippen molar-refractivity contribution >= 4 is 34.3 Å². The lowest BCUT2D eigenvalue weighted by atomic mass is 9.79. The third-order valence-electron chi connectivity index (χ3n) is 8.84. The van der Waals surface area contributed by atoms with Gasteiger partial charge in [-0.3, -0.25) is 14.4 Å². The molecule has 9 nitrogen and oxygen atoms in total. The lowest BCUT2D eigenvalue weighted by Crippen LogP contribution is -2.52. The van der Waals surface area contributed by atoms with Gasteiger partial charge in [0.05, 0.1) is 18.6 Å². The van der Waals surface area contributed by atoms with E-state index in [1.807, 2.05) is 42.5 Å². The molecule has 3 atom stereocenters. The Kier molecular flexibility index (Phi) is 6.06. The van der Waals surface area contributed by atoms with Crippen molar-refractivity contribution in [1.82, 2.24) is 14.8 Å². The van der Waals surface area contributed by atoms with Gasteiger partial charge in [-0.15, -0.1) is 0 Å². The fraction of sp³-hybridized carbons (Fsp3) is 0.400. The minimum absolute atomic E-state index is 0.111. The molecule has 3 heterocycles. The summed E-state index contributed by atoms with van der Waals surface area (Å²) in [6, 6.07) is 15.5. The summed E-state index contributed by atoms with van der Waals surface area (Å²) < 4.78 is 5.44. The topological polar surface area (TPSA) is 119 Å². The number of rotatable bonds is 6. The lowest BCUT2D eigenvalue weighted by Gasteiger charge is -2.36. The fourth-order valence-corrected chi connectivity index (χ4v) is 6.40. The second-order valence-electron chi connectivity index (χ2n) is 11.0. The van der Waals surface area contributed by atoms with Crippen molar-refractivity contribution in [3.63, 3.8) is 0 Å². The molecule has 200 valence electrons. The first-order valence-corrected chi connectivity index (χ1v) is 13.4. The third-order valence-corrected chi connectivity index (χ3v) is 8.84. The molecule has 0 bridgehead atoms. The van der Waals surface area contributed by atoms with Crippen molar-refractivity contribution in [3.8, 4) is 11.8 Å². The van der Waals surface area contributed by atoms with Crippen LogP contribution in [0, 0.1) is 17.2 Å². The molecule has 9 heteroatoms. The van der Waals surface area contributed by atoms with Crippen LogP contribution in [0.25, 0.3) is 10.9 Å². The number of ether oxygens (including phenoxy) is 1. The maximum atomic E-state index is 14.2. The number of anilines is 1. The monoisotopic (exact) mass is 525 g/mol. The van der Waals surface area contributed by atoms with E-state index in [4.69, 9.17) is 4.74 Å². The second kappa shape index (κ2) is 9.45. The van der Waals surface area contributed by atoms with Gasteiger partial charge in [0.15, 0.2) is 0 Å². The Balaban J connectivity index is 1.31. The molecule has 2 aromatic carbocycles. The van der Waals surface area contributed by atoms with Crippen molar-refractivity contribution in [2.75, 3.05) is 26.0 Å². The number of hydrogen-bond donors (Lipinski definition) is 2. The van der Waals surface area contributed by atoms with E-state index in [-0.39, 0.29) is 30.7 Å². The van der Waals surface area contributed by atoms with Crippen molar-refractivity contribution in [3.05, 3.63) is 59.8 Å². The summed E-state index contributed by atoms with van der Waals surface area (Å²) in [5, 5.41) is 13.8. The van der Waals surface area contributed by atoms with Crippen LogP contribution in [-0.4, -0.2) is 65.3 Å². The van der Waals surface area contributed by atoms with E-state index in [1.165, 1.54) is 9.80 Å². The minimum atomic E-state index is -0.968. The highest BCUT2D eigenvalue weighted by atomic mass is 16.5. The Bertz CT molecular complexity index is 1520. The van der Waals surface area contributed by atoms with Crippen molar-refractivity contribution in [2.24, 2.45) is 5.92 Å². The highest BCUT2D eigenvalue weighted by molar-refractivity contribution is 6.07. The maximum absolute atomic E-state index is 14.2. The second-order valence-corrected chi connectivity index (χ2v) is 11.0. The number of amides is 3. The van der Waals surface area contributed by atoms with Crippen LogP contribution in [-0.2, 0) is 15.0 Å².